The quantitative estimate of drug-likeness (QED) is 0.634. The van der Waals surface area contributed by atoms with E-state index in [1.54, 1.807) is 37.5 Å². The Bertz CT molecular complexity index is 950. The second-order valence-corrected chi connectivity index (χ2v) is 6.66. The first-order chi connectivity index (χ1) is 13.5. The number of rotatable bonds is 7. The van der Waals surface area contributed by atoms with E-state index in [2.05, 4.69) is 15.6 Å². The van der Waals surface area contributed by atoms with Crippen LogP contribution in [0, 0.1) is 0 Å². The van der Waals surface area contributed by atoms with Gasteiger partial charge in [0.05, 0.1) is 12.6 Å². The molecule has 0 atom stereocenters. The van der Waals surface area contributed by atoms with Crippen LogP contribution in [0.2, 0.25) is 5.02 Å². The Morgan fingerprint density at radius 3 is 2.43 bits per heavy atom. The lowest BCUT2D eigenvalue weighted by atomic mass is 10.1. The van der Waals surface area contributed by atoms with E-state index in [1.807, 2.05) is 24.3 Å². The van der Waals surface area contributed by atoms with Gasteiger partial charge >= 0.3 is 0 Å². The summed E-state index contributed by atoms with van der Waals surface area (Å²) in [6.07, 6.45) is 2.60. The van der Waals surface area contributed by atoms with E-state index in [1.165, 1.54) is 0 Å². The average molecular weight is 398 g/mol. The molecule has 0 saturated heterocycles. The standard InChI is InChI=1S/C21H20ClN3O3/c1-23-20(27)12-14-2-8-17(9-3-14)25-19(26)10-11-21-24-13-18(28-21)15-4-6-16(22)7-5-15/h2-9,13H,10-12H2,1H3,(H,23,27)(H,25,26). The smallest absolute Gasteiger partial charge is 0.224 e. The van der Waals surface area contributed by atoms with Crippen molar-refractivity contribution >= 4 is 29.1 Å². The fourth-order valence-corrected chi connectivity index (χ4v) is 2.72. The molecule has 1 heterocycles. The Balaban J connectivity index is 1.50. The summed E-state index contributed by atoms with van der Waals surface area (Å²) in [5, 5.41) is 6.06. The number of hydrogen-bond acceptors (Lipinski definition) is 4. The summed E-state index contributed by atoms with van der Waals surface area (Å²) in [7, 11) is 1.60. The Morgan fingerprint density at radius 2 is 1.75 bits per heavy atom. The molecule has 28 heavy (non-hydrogen) atoms. The topological polar surface area (TPSA) is 84.2 Å². The molecule has 2 amide bonds. The highest BCUT2D eigenvalue weighted by Gasteiger charge is 2.10. The van der Waals surface area contributed by atoms with Crippen molar-refractivity contribution < 1.29 is 14.0 Å². The molecule has 7 heteroatoms. The van der Waals surface area contributed by atoms with Crippen molar-refractivity contribution in [1.29, 1.82) is 0 Å². The molecule has 2 aromatic carbocycles. The summed E-state index contributed by atoms with van der Waals surface area (Å²) in [5.74, 6) is 0.950. The van der Waals surface area contributed by atoms with Crippen LogP contribution in [0.1, 0.15) is 17.9 Å². The number of aromatic nitrogens is 1. The van der Waals surface area contributed by atoms with Crippen LogP contribution in [0.5, 0.6) is 0 Å². The maximum Gasteiger partial charge on any atom is 0.224 e. The van der Waals surface area contributed by atoms with Crippen LogP contribution in [0.3, 0.4) is 0 Å². The Labute approximate surface area is 167 Å². The number of anilines is 1. The first kappa shape index (κ1) is 19.6. The van der Waals surface area contributed by atoms with Gasteiger partial charge in [0.25, 0.3) is 0 Å². The third-order valence-electron chi connectivity index (χ3n) is 4.13. The van der Waals surface area contributed by atoms with Crippen LogP contribution in [-0.4, -0.2) is 23.8 Å². The molecule has 0 fully saturated rings. The summed E-state index contributed by atoms with van der Waals surface area (Å²) in [6, 6.07) is 14.5. The van der Waals surface area contributed by atoms with Crippen LogP contribution >= 0.6 is 11.6 Å². The lowest BCUT2D eigenvalue weighted by Gasteiger charge is -2.06. The summed E-state index contributed by atoms with van der Waals surface area (Å²) in [6.45, 7) is 0. The number of carbonyl (C=O) groups is 2. The summed E-state index contributed by atoms with van der Waals surface area (Å²) in [4.78, 5) is 27.7. The average Bonchev–Trinajstić information content (AvgIpc) is 3.17. The molecular formula is C21H20ClN3O3. The highest BCUT2D eigenvalue weighted by Crippen LogP contribution is 2.22. The third-order valence-corrected chi connectivity index (χ3v) is 4.38. The predicted octanol–water partition coefficient (Wildman–Crippen LogP) is 3.85. The number of oxazole rings is 1. The first-order valence-corrected chi connectivity index (χ1v) is 9.21. The maximum absolute atomic E-state index is 12.1. The zero-order valence-corrected chi connectivity index (χ0v) is 16.1. The van der Waals surface area contributed by atoms with Crippen molar-refractivity contribution in [3.8, 4) is 11.3 Å². The minimum atomic E-state index is -0.134. The van der Waals surface area contributed by atoms with Crippen molar-refractivity contribution in [2.24, 2.45) is 0 Å². The molecule has 0 unspecified atom stereocenters. The number of hydrogen-bond donors (Lipinski definition) is 2. The van der Waals surface area contributed by atoms with Crippen LogP contribution in [0.25, 0.3) is 11.3 Å². The highest BCUT2D eigenvalue weighted by atomic mass is 35.5. The number of carbonyl (C=O) groups excluding carboxylic acids is 2. The lowest BCUT2D eigenvalue weighted by molar-refractivity contribution is -0.120. The zero-order valence-electron chi connectivity index (χ0n) is 15.4. The number of nitrogens with zero attached hydrogens (tertiary/aromatic N) is 1. The van der Waals surface area contributed by atoms with Crippen LogP contribution in [-0.2, 0) is 22.4 Å². The maximum atomic E-state index is 12.1. The van der Waals surface area contributed by atoms with Gasteiger partial charge in [-0.25, -0.2) is 4.98 Å². The second-order valence-electron chi connectivity index (χ2n) is 6.22. The SMILES string of the molecule is CNC(=O)Cc1ccc(NC(=O)CCc2ncc(-c3ccc(Cl)cc3)o2)cc1. The summed E-state index contributed by atoms with van der Waals surface area (Å²) < 4.78 is 5.70. The Hall–Kier alpha value is -3.12. The fourth-order valence-electron chi connectivity index (χ4n) is 2.60. The molecule has 0 bridgehead atoms. The second kappa shape index (κ2) is 9.19. The van der Waals surface area contributed by atoms with Gasteiger partial charge in [0, 0.05) is 36.2 Å². The molecule has 6 nitrogen and oxygen atoms in total. The van der Waals surface area contributed by atoms with Gasteiger partial charge in [0.15, 0.2) is 11.7 Å². The molecule has 144 valence electrons. The van der Waals surface area contributed by atoms with Crippen LogP contribution < -0.4 is 10.6 Å². The number of likely N-dealkylation sites (N-methyl/N-ethyl adjacent to an activating group) is 1. The lowest BCUT2D eigenvalue weighted by Crippen LogP contribution is -2.19. The zero-order chi connectivity index (χ0) is 19.9. The third kappa shape index (κ3) is 5.44. The highest BCUT2D eigenvalue weighted by molar-refractivity contribution is 6.30. The van der Waals surface area contributed by atoms with E-state index in [0.717, 1.165) is 11.1 Å². The number of nitrogens with one attached hydrogen (secondary N) is 2. The summed E-state index contributed by atoms with van der Waals surface area (Å²) >= 11 is 5.88. The van der Waals surface area contributed by atoms with Crippen LogP contribution in [0.4, 0.5) is 5.69 Å². The van der Waals surface area contributed by atoms with E-state index in [4.69, 9.17) is 16.0 Å². The van der Waals surface area contributed by atoms with Gasteiger partial charge in [-0.2, -0.15) is 0 Å². The molecule has 0 saturated carbocycles. The van der Waals surface area contributed by atoms with Crippen molar-refractivity contribution in [2.75, 3.05) is 12.4 Å². The molecule has 0 spiro atoms. The van der Waals surface area contributed by atoms with Gasteiger partial charge in [-0.05, 0) is 42.0 Å². The molecule has 3 rings (SSSR count). The monoisotopic (exact) mass is 397 g/mol. The molecule has 1 aromatic heterocycles. The molecule has 0 aliphatic heterocycles. The number of halogens is 1. The largest absolute Gasteiger partial charge is 0.441 e. The molecule has 0 radical (unpaired) electrons. The minimum Gasteiger partial charge on any atom is -0.441 e. The van der Waals surface area contributed by atoms with E-state index in [9.17, 15) is 9.59 Å². The molecule has 0 aliphatic rings. The van der Waals surface area contributed by atoms with E-state index >= 15 is 0 Å². The van der Waals surface area contributed by atoms with Crippen molar-refractivity contribution in [3.05, 3.63) is 71.2 Å². The molecule has 3 aromatic rings. The first-order valence-electron chi connectivity index (χ1n) is 8.83. The number of amides is 2. The summed E-state index contributed by atoms with van der Waals surface area (Å²) in [5.41, 5.74) is 2.44. The van der Waals surface area contributed by atoms with E-state index in [-0.39, 0.29) is 18.2 Å². The number of benzene rings is 2. The van der Waals surface area contributed by atoms with Gasteiger partial charge < -0.3 is 15.1 Å². The van der Waals surface area contributed by atoms with Crippen LogP contribution in [0.15, 0.2) is 59.1 Å². The van der Waals surface area contributed by atoms with Crippen molar-refractivity contribution in [3.63, 3.8) is 0 Å². The van der Waals surface area contributed by atoms with Crippen molar-refractivity contribution in [1.82, 2.24) is 10.3 Å². The Morgan fingerprint density at radius 1 is 1.04 bits per heavy atom. The van der Waals surface area contributed by atoms with Gasteiger partial charge in [0.1, 0.15) is 0 Å². The minimum absolute atomic E-state index is 0.0549. The van der Waals surface area contributed by atoms with Gasteiger partial charge in [-0.15, -0.1) is 0 Å². The van der Waals surface area contributed by atoms with Gasteiger partial charge in [0.2, 0.25) is 11.8 Å². The van der Waals surface area contributed by atoms with Gasteiger partial charge in [-0.3, -0.25) is 9.59 Å². The molecular weight excluding hydrogens is 378 g/mol. The van der Waals surface area contributed by atoms with Gasteiger partial charge in [-0.1, -0.05) is 23.7 Å². The molecule has 0 aliphatic carbocycles. The van der Waals surface area contributed by atoms with Crippen molar-refractivity contribution in [2.45, 2.75) is 19.3 Å². The molecule has 2 N–H and O–H groups in total. The predicted molar refractivity (Wildman–Crippen MR) is 108 cm³/mol. The normalized spacial score (nSPS) is 10.5. The number of aryl methyl sites for hydroxylation is 1. The fraction of sp³-hybridized carbons (Fsp3) is 0.190. The van der Waals surface area contributed by atoms with E-state index < -0.39 is 0 Å². The van der Waals surface area contributed by atoms with E-state index in [0.29, 0.717) is 35.2 Å². The Kier molecular flexibility index (Phi) is 6.45.